The fraction of sp³-hybridized carbons (Fsp3) is 0.273. The predicted molar refractivity (Wildman–Crippen MR) is 122 cm³/mol. The standard InChI is InChI=1S/C22H17Cl2F3N6O4/c23-10-1-2-15(11(24)5-10)32-8-28-30-22(32)21-20(36)18(19(35)16(7-34)37-21)33-6-14(29-31-33)9-3-12(25)17(27)13(26)4-9/h1-6,8,16,18-21,34-36H,7H2/t16-,18+,19+,20-,21-/m1/s1. The topological polar surface area (TPSA) is 131 Å². The van der Waals surface area contributed by atoms with E-state index in [1.807, 2.05) is 0 Å². The van der Waals surface area contributed by atoms with Crippen LogP contribution in [0.2, 0.25) is 10.0 Å². The number of hydrogen-bond donors (Lipinski definition) is 3. The van der Waals surface area contributed by atoms with Crippen LogP contribution in [-0.4, -0.2) is 70.0 Å². The van der Waals surface area contributed by atoms with Crippen molar-refractivity contribution >= 4 is 23.2 Å². The Kier molecular flexibility index (Phi) is 6.91. The van der Waals surface area contributed by atoms with Gasteiger partial charge in [0.15, 0.2) is 23.3 Å². The molecule has 4 aromatic rings. The zero-order valence-electron chi connectivity index (χ0n) is 18.5. The maximum atomic E-state index is 13.7. The van der Waals surface area contributed by atoms with Gasteiger partial charge in [0.05, 0.1) is 23.5 Å². The molecule has 194 valence electrons. The van der Waals surface area contributed by atoms with Crippen LogP contribution >= 0.6 is 23.2 Å². The summed E-state index contributed by atoms with van der Waals surface area (Å²) in [5.74, 6) is -4.38. The molecule has 5 atom stereocenters. The molecule has 0 bridgehead atoms. The van der Waals surface area contributed by atoms with Crippen LogP contribution in [-0.2, 0) is 4.74 Å². The van der Waals surface area contributed by atoms with Crippen molar-refractivity contribution in [3.05, 3.63) is 76.2 Å². The number of rotatable bonds is 5. The Morgan fingerprint density at radius 1 is 1.00 bits per heavy atom. The lowest BCUT2D eigenvalue weighted by atomic mass is 9.92. The van der Waals surface area contributed by atoms with Crippen LogP contribution in [0.5, 0.6) is 0 Å². The molecule has 2 aromatic carbocycles. The maximum Gasteiger partial charge on any atom is 0.194 e. The highest BCUT2D eigenvalue weighted by Crippen LogP contribution is 2.39. The first-order valence-corrected chi connectivity index (χ1v) is 11.5. The monoisotopic (exact) mass is 556 g/mol. The molecule has 37 heavy (non-hydrogen) atoms. The highest BCUT2D eigenvalue weighted by atomic mass is 35.5. The van der Waals surface area contributed by atoms with Crippen molar-refractivity contribution in [2.24, 2.45) is 0 Å². The fourth-order valence-corrected chi connectivity index (χ4v) is 4.69. The van der Waals surface area contributed by atoms with Crippen LogP contribution in [0.1, 0.15) is 18.0 Å². The first-order chi connectivity index (χ1) is 17.7. The summed E-state index contributed by atoms with van der Waals surface area (Å²) in [4.78, 5) is 0. The molecular formula is C22H17Cl2F3N6O4. The van der Waals surface area contributed by atoms with E-state index < -0.39 is 54.5 Å². The highest BCUT2D eigenvalue weighted by molar-refractivity contribution is 6.35. The molecule has 3 N–H and O–H groups in total. The summed E-state index contributed by atoms with van der Waals surface area (Å²) in [5, 5.41) is 48.2. The Hall–Kier alpha value is -3.07. The number of aliphatic hydroxyl groups excluding tert-OH is 3. The number of benzene rings is 2. The molecule has 0 saturated carbocycles. The lowest BCUT2D eigenvalue weighted by molar-refractivity contribution is -0.210. The summed E-state index contributed by atoms with van der Waals surface area (Å²) < 4.78 is 49.1. The molecule has 1 aliphatic rings. The van der Waals surface area contributed by atoms with Crippen molar-refractivity contribution in [1.82, 2.24) is 29.8 Å². The van der Waals surface area contributed by atoms with E-state index in [2.05, 4.69) is 20.5 Å². The van der Waals surface area contributed by atoms with Gasteiger partial charge in [-0.1, -0.05) is 28.4 Å². The third-order valence-electron chi connectivity index (χ3n) is 5.99. The normalized spacial score (nSPS) is 23.9. The minimum atomic E-state index is -1.63. The maximum absolute atomic E-state index is 13.7. The van der Waals surface area contributed by atoms with Gasteiger partial charge in [0.1, 0.15) is 42.5 Å². The minimum absolute atomic E-state index is 0.0584. The molecule has 5 rings (SSSR count). The SMILES string of the molecule is OC[C@H]1O[C@@H](c2nncn2-c2ccc(Cl)cc2Cl)[C@H](O)[C@@H](n2cc(-c3cc(F)c(F)c(F)c3)nn2)[C@H]1O. The molecule has 1 aliphatic heterocycles. The van der Waals surface area contributed by atoms with Crippen LogP contribution in [0, 0.1) is 17.5 Å². The summed E-state index contributed by atoms with van der Waals surface area (Å²) in [6, 6.07) is 4.92. The van der Waals surface area contributed by atoms with E-state index in [1.165, 1.54) is 23.2 Å². The number of aliphatic hydroxyl groups is 3. The van der Waals surface area contributed by atoms with Crippen molar-refractivity contribution in [1.29, 1.82) is 0 Å². The highest BCUT2D eigenvalue weighted by Gasteiger charge is 2.48. The molecule has 1 saturated heterocycles. The molecule has 0 aliphatic carbocycles. The molecule has 15 heteroatoms. The average molecular weight is 557 g/mol. The minimum Gasteiger partial charge on any atom is -0.394 e. The molecule has 10 nitrogen and oxygen atoms in total. The molecule has 0 unspecified atom stereocenters. The van der Waals surface area contributed by atoms with Crippen LogP contribution in [0.4, 0.5) is 13.2 Å². The summed E-state index contributed by atoms with van der Waals surface area (Å²) in [5.41, 5.74) is 0.247. The van der Waals surface area contributed by atoms with Crippen LogP contribution < -0.4 is 0 Å². The Balaban J connectivity index is 1.52. The number of nitrogens with zero attached hydrogens (tertiary/aromatic N) is 6. The molecule has 0 amide bonds. The van der Waals surface area contributed by atoms with Crippen molar-refractivity contribution in [2.45, 2.75) is 30.5 Å². The third kappa shape index (κ3) is 4.58. The van der Waals surface area contributed by atoms with Gasteiger partial charge >= 0.3 is 0 Å². The number of ether oxygens (including phenoxy) is 1. The second kappa shape index (κ2) is 10.0. The van der Waals surface area contributed by atoms with Gasteiger partial charge in [0.2, 0.25) is 0 Å². The Bertz CT molecular complexity index is 1430. The van der Waals surface area contributed by atoms with Gasteiger partial charge in [0.25, 0.3) is 0 Å². The van der Waals surface area contributed by atoms with E-state index in [1.54, 1.807) is 12.1 Å². The zero-order chi connectivity index (χ0) is 26.4. The second-order valence-corrected chi connectivity index (χ2v) is 9.09. The van der Waals surface area contributed by atoms with Crippen molar-refractivity contribution in [3.8, 4) is 16.9 Å². The van der Waals surface area contributed by atoms with E-state index in [4.69, 9.17) is 27.9 Å². The van der Waals surface area contributed by atoms with Gasteiger partial charge in [-0.3, -0.25) is 4.57 Å². The van der Waals surface area contributed by atoms with Crippen LogP contribution in [0.15, 0.2) is 42.9 Å². The van der Waals surface area contributed by atoms with E-state index in [0.29, 0.717) is 10.7 Å². The summed E-state index contributed by atoms with van der Waals surface area (Å²) in [6.45, 7) is -0.632. The summed E-state index contributed by atoms with van der Waals surface area (Å²) >= 11 is 12.3. The first kappa shape index (κ1) is 25.6. The van der Waals surface area contributed by atoms with Crippen LogP contribution in [0.3, 0.4) is 0 Å². The Labute approximate surface area is 216 Å². The molecule has 0 radical (unpaired) electrons. The lowest BCUT2D eigenvalue weighted by Crippen LogP contribution is -2.53. The van der Waals surface area contributed by atoms with Gasteiger partial charge in [-0.25, -0.2) is 17.9 Å². The van der Waals surface area contributed by atoms with Crippen LogP contribution in [0.25, 0.3) is 16.9 Å². The van der Waals surface area contributed by atoms with Crippen molar-refractivity contribution < 1.29 is 33.2 Å². The molecular weight excluding hydrogens is 540 g/mol. The van der Waals surface area contributed by atoms with E-state index in [-0.39, 0.29) is 22.1 Å². The van der Waals surface area contributed by atoms with Crippen molar-refractivity contribution in [3.63, 3.8) is 0 Å². The fourth-order valence-electron chi connectivity index (χ4n) is 4.19. The largest absolute Gasteiger partial charge is 0.394 e. The third-order valence-corrected chi connectivity index (χ3v) is 6.52. The predicted octanol–water partition coefficient (Wildman–Crippen LogP) is 2.65. The lowest BCUT2D eigenvalue weighted by Gasteiger charge is -2.41. The molecule has 1 fully saturated rings. The van der Waals surface area contributed by atoms with E-state index >= 15 is 0 Å². The molecule has 3 heterocycles. The van der Waals surface area contributed by atoms with E-state index in [9.17, 15) is 28.5 Å². The molecule has 2 aromatic heterocycles. The van der Waals surface area contributed by atoms with Crippen molar-refractivity contribution in [2.75, 3.05) is 6.61 Å². The first-order valence-electron chi connectivity index (χ1n) is 10.7. The zero-order valence-corrected chi connectivity index (χ0v) is 20.0. The smallest absolute Gasteiger partial charge is 0.194 e. The second-order valence-electron chi connectivity index (χ2n) is 8.24. The van der Waals surface area contributed by atoms with Gasteiger partial charge in [0, 0.05) is 10.6 Å². The number of halogens is 5. The van der Waals surface area contributed by atoms with Gasteiger partial charge < -0.3 is 20.1 Å². The van der Waals surface area contributed by atoms with Gasteiger partial charge in [-0.2, -0.15) is 0 Å². The quantitative estimate of drug-likeness (QED) is 0.320. The molecule has 0 spiro atoms. The van der Waals surface area contributed by atoms with Gasteiger partial charge in [-0.15, -0.1) is 15.3 Å². The summed E-state index contributed by atoms with van der Waals surface area (Å²) in [6.07, 6.45) is -2.91. The van der Waals surface area contributed by atoms with Gasteiger partial charge in [-0.05, 0) is 30.3 Å². The number of aromatic nitrogens is 6. The Morgan fingerprint density at radius 3 is 2.41 bits per heavy atom. The number of hydrogen-bond acceptors (Lipinski definition) is 8. The van der Waals surface area contributed by atoms with E-state index in [0.717, 1.165) is 16.8 Å². The Morgan fingerprint density at radius 2 is 1.73 bits per heavy atom. The average Bonchev–Trinajstić information content (AvgIpc) is 3.53. The summed E-state index contributed by atoms with van der Waals surface area (Å²) in [7, 11) is 0.